The number of amides is 2. The normalized spacial score (nSPS) is 15.9. The molecule has 1 aliphatic heterocycles. The molecule has 0 spiro atoms. The number of carboxylic acids is 1. The maximum atomic E-state index is 12.1. The van der Waals surface area contributed by atoms with Crippen molar-refractivity contribution in [2.24, 2.45) is 5.92 Å². The van der Waals surface area contributed by atoms with Gasteiger partial charge in [-0.3, -0.25) is 4.79 Å². The van der Waals surface area contributed by atoms with Crippen LogP contribution in [0.2, 0.25) is 5.02 Å². The van der Waals surface area contributed by atoms with Crippen LogP contribution >= 0.6 is 11.6 Å². The van der Waals surface area contributed by atoms with Crippen molar-refractivity contribution in [2.75, 3.05) is 18.4 Å². The molecular formula is C14H17ClN2O3. The van der Waals surface area contributed by atoms with E-state index in [9.17, 15) is 9.59 Å². The SMILES string of the molecule is O=C(O)CC1CCN(C(=O)Nc2ccccc2Cl)CC1. The number of carbonyl (C=O) groups is 2. The molecule has 0 aromatic heterocycles. The number of benzene rings is 1. The second kappa shape index (κ2) is 6.61. The number of para-hydroxylation sites is 1. The fraction of sp³-hybridized carbons (Fsp3) is 0.429. The van der Waals surface area contributed by atoms with Crippen molar-refractivity contribution in [1.82, 2.24) is 4.90 Å². The van der Waals surface area contributed by atoms with Crippen LogP contribution < -0.4 is 5.32 Å². The molecule has 108 valence electrons. The zero-order valence-corrected chi connectivity index (χ0v) is 11.8. The van der Waals surface area contributed by atoms with Crippen molar-refractivity contribution in [2.45, 2.75) is 19.3 Å². The Morgan fingerprint density at radius 2 is 1.95 bits per heavy atom. The number of likely N-dealkylation sites (tertiary alicyclic amines) is 1. The fourth-order valence-electron chi connectivity index (χ4n) is 2.34. The minimum atomic E-state index is -0.774. The first-order valence-corrected chi connectivity index (χ1v) is 6.96. The van der Waals surface area contributed by atoms with Gasteiger partial charge in [0.2, 0.25) is 0 Å². The van der Waals surface area contributed by atoms with Gasteiger partial charge in [-0.1, -0.05) is 23.7 Å². The zero-order chi connectivity index (χ0) is 14.5. The first kappa shape index (κ1) is 14.7. The van der Waals surface area contributed by atoms with Gasteiger partial charge in [-0.05, 0) is 30.9 Å². The molecule has 1 aliphatic rings. The fourth-order valence-corrected chi connectivity index (χ4v) is 2.53. The van der Waals surface area contributed by atoms with Gasteiger partial charge < -0.3 is 15.3 Å². The molecule has 1 heterocycles. The maximum absolute atomic E-state index is 12.1. The van der Waals surface area contributed by atoms with Gasteiger partial charge in [0.15, 0.2) is 0 Å². The van der Waals surface area contributed by atoms with Crippen molar-refractivity contribution in [1.29, 1.82) is 0 Å². The molecule has 0 bridgehead atoms. The van der Waals surface area contributed by atoms with Crippen LogP contribution in [0, 0.1) is 5.92 Å². The lowest BCUT2D eigenvalue weighted by molar-refractivity contribution is -0.138. The summed E-state index contributed by atoms with van der Waals surface area (Å²) in [4.78, 5) is 24.4. The molecular weight excluding hydrogens is 280 g/mol. The Morgan fingerprint density at radius 3 is 2.55 bits per heavy atom. The number of urea groups is 1. The summed E-state index contributed by atoms with van der Waals surface area (Å²) in [5.41, 5.74) is 0.590. The Labute approximate surface area is 122 Å². The number of nitrogens with zero attached hydrogens (tertiary/aromatic N) is 1. The summed E-state index contributed by atoms with van der Waals surface area (Å²) in [7, 11) is 0. The van der Waals surface area contributed by atoms with Gasteiger partial charge >= 0.3 is 12.0 Å². The van der Waals surface area contributed by atoms with Crippen molar-refractivity contribution in [3.63, 3.8) is 0 Å². The predicted octanol–water partition coefficient (Wildman–Crippen LogP) is 3.06. The minimum absolute atomic E-state index is 0.164. The van der Waals surface area contributed by atoms with Crippen LogP contribution in [0.15, 0.2) is 24.3 Å². The van der Waals surface area contributed by atoms with Crippen molar-refractivity contribution < 1.29 is 14.7 Å². The summed E-state index contributed by atoms with van der Waals surface area (Å²) in [6.07, 6.45) is 1.63. The predicted molar refractivity (Wildman–Crippen MR) is 77.0 cm³/mol. The van der Waals surface area contributed by atoms with Crippen LogP contribution in [0.3, 0.4) is 0 Å². The topological polar surface area (TPSA) is 69.6 Å². The molecule has 0 saturated carbocycles. The Balaban J connectivity index is 1.86. The van der Waals surface area contributed by atoms with E-state index in [1.807, 2.05) is 0 Å². The van der Waals surface area contributed by atoms with Crippen molar-refractivity contribution >= 4 is 29.3 Å². The quantitative estimate of drug-likeness (QED) is 0.900. The molecule has 0 radical (unpaired) electrons. The summed E-state index contributed by atoms with van der Waals surface area (Å²) >= 11 is 5.99. The Morgan fingerprint density at radius 1 is 1.30 bits per heavy atom. The summed E-state index contributed by atoms with van der Waals surface area (Å²) in [6, 6.07) is 6.88. The number of piperidine rings is 1. The molecule has 1 aromatic rings. The second-order valence-electron chi connectivity index (χ2n) is 4.94. The number of anilines is 1. The highest BCUT2D eigenvalue weighted by Crippen LogP contribution is 2.23. The van der Waals surface area contributed by atoms with Crippen molar-refractivity contribution in [3.8, 4) is 0 Å². The molecule has 5 nitrogen and oxygen atoms in total. The lowest BCUT2D eigenvalue weighted by atomic mass is 9.94. The minimum Gasteiger partial charge on any atom is -0.481 e. The number of rotatable bonds is 3. The van der Waals surface area contributed by atoms with E-state index in [4.69, 9.17) is 16.7 Å². The molecule has 1 aromatic carbocycles. The summed E-state index contributed by atoms with van der Waals surface area (Å²) in [5.74, 6) is -0.610. The third-order valence-electron chi connectivity index (χ3n) is 3.48. The van der Waals surface area contributed by atoms with Gasteiger partial charge in [0.05, 0.1) is 10.7 Å². The highest BCUT2D eigenvalue weighted by Gasteiger charge is 2.24. The van der Waals surface area contributed by atoms with E-state index in [-0.39, 0.29) is 18.4 Å². The molecule has 6 heteroatoms. The van der Waals surface area contributed by atoms with E-state index in [0.29, 0.717) is 23.8 Å². The number of aliphatic carboxylic acids is 1. The molecule has 2 rings (SSSR count). The first-order valence-electron chi connectivity index (χ1n) is 6.58. The van der Waals surface area contributed by atoms with Crippen LogP contribution in [-0.4, -0.2) is 35.1 Å². The standard InChI is InChI=1S/C14H17ClN2O3/c15-11-3-1-2-4-12(11)16-14(20)17-7-5-10(6-8-17)9-13(18)19/h1-4,10H,5-9H2,(H,16,20)(H,18,19). The van der Waals surface area contributed by atoms with E-state index in [1.54, 1.807) is 29.2 Å². The molecule has 2 N–H and O–H groups in total. The van der Waals surface area contributed by atoms with Gasteiger partial charge in [-0.15, -0.1) is 0 Å². The Kier molecular flexibility index (Phi) is 4.84. The summed E-state index contributed by atoms with van der Waals surface area (Å²) in [6.45, 7) is 1.16. The van der Waals surface area contributed by atoms with Crippen LogP contribution in [0.4, 0.5) is 10.5 Å². The van der Waals surface area contributed by atoms with Crippen LogP contribution in [0.25, 0.3) is 0 Å². The van der Waals surface area contributed by atoms with E-state index < -0.39 is 5.97 Å². The Bertz CT molecular complexity index is 499. The number of nitrogens with one attached hydrogen (secondary N) is 1. The highest BCUT2D eigenvalue weighted by atomic mass is 35.5. The van der Waals surface area contributed by atoms with E-state index in [2.05, 4.69) is 5.32 Å². The molecule has 1 fully saturated rings. The number of hydrogen-bond acceptors (Lipinski definition) is 2. The number of carbonyl (C=O) groups excluding carboxylic acids is 1. The monoisotopic (exact) mass is 296 g/mol. The summed E-state index contributed by atoms with van der Waals surface area (Å²) < 4.78 is 0. The largest absolute Gasteiger partial charge is 0.481 e. The van der Waals surface area contributed by atoms with Crippen molar-refractivity contribution in [3.05, 3.63) is 29.3 Å². The lowest BCUT2D eigenvalue weighted by Gasteiger charge is -2.31. The highest BCUT2D eigenvalue weighted by molar-refractivity contribution is 6.33. The molecule has 2 amide bonds. The lowest BCUT2D eigenvalue weighted by Crippen LogP contribution is -2.41. The Hall–Kier alpha value is -1.75. The average molecular weight is 297 g/mol. The summed E-state index contributed by atoms with van der Waals surface area (Å²) in [5, 5.41) is 12.0. The molecule has 0 unspecified atom stereocenters. The maximum Gasteiger partial charge on any atom is 0.321 e. The second-order valence-corrected chi connectivity index (χ2v) is 5.35. The van der Waals surface area contributed by atoms with Gasteiger partial charge in [-0.25, -0.2) is 4.79 Å². The third kappa shape index (κ3) is 3.87. The van der Waals surface area contributed by atoms with Crippen LogP contribution in [0.5, 0.6) is 0 Å². The first-order chi connectivity index (χ1) is 9.56. The number of hydrogen-bond donors (Lipinski definition) is 2. The van der Waals surface area contributed by atoms with Gasteiger partial charge in [0.1, 0.15) is 0 Å². The van der Waals surface area contributed by atoms with E-state index in [1.165, 1.54) is 0 Å². The van der Waals surface area contributed by atoms with Gasteiger partial charge in [-0.2, -0.15) is 0 Å². The molecule has 20 heavy (non-hydrogen) atoms. The van der Waals surface area contributed by atoms with Gasteiger partial charge in [0.25, 0.3) is 0 Å². The number of halogens is 1. The molecule has 0 aliphatic carbocycles. The third-order valence-corrected chi connectivity index (χ3v) is 3.81. The van der Waals surface area contributed by atoms with E-state index in [0.717, 1.165) is 12.8 Å². The zero-order valence-electron chi connectivity index (χ0n) is 11.0. The smallest absolute Gasteiger partial charge is 0.321 e. The molecule has 0 atom stereocenters. The van der Waals surface area contributed by atoms with Gasteiger partial charge in [0, 0.05) is 19.5 Å². The van der Waals surface area contributed by atoms with Crippen LogP contribution in [-0.2, 0) is 4.79 Å². The van der Waals surface area contributed by atoms with E-state index >= 15 is 0 Å². The number of carboxylic acid groups (broad SMARTS) is 1. The van der Waals surface area contributed by atoms with Crippen LogP contribution in [0.1, 0.15) is 19.3 Å². The molecule has 1 saturated heterocycles. The average Bonchev–Trinajstić information content (AvgIpc) is 2.41.